The summed E-state index contributed by atoms with van der Waals surface area (Å²) in [4.78, 5) is 22.0. The van der Waals surface area contributed by atoms with Crippen molar-refractivity contribution in [2.75, 3.05) is 7.11 Å². The summed E-state index contributed by atoms with van der Waals surface area (Å²) in [6, 6.07) is 17.7. The Morgan fingerprint density at radius 2 is 1.79 bits per heavy atom. The van der Waals surface area contributed by atoms with E-state index < -0.39 is 0 Å². The molecule has 1 aliphatic carbocycles. The molecule has 0 spiro atoms. The maximum atomic E-state index is 12.7. The molecule has 1 aliphatic rings. The minimum absolute atomic E-state index is 0.103. The number of carbonyl (C=O) groups is 1. The maximum Gasteiger partial charge on any atom is 0.252 e. The van der Waals surface area contributed by atoms with Crippen molar-refractivity contribution >= 4 is 11.6 Å². The van der Waals surface area contributed by atoms with Crippen LogP contribution in [0.1, 0.15) is 34.0 Å². The van der Waals surface area contributed by atoms with E-state index in [0.717, 1.165) is 23.4 Å². The molecule has 0 amide bonds. The Hall–Kier alpha value is -3.54. The fourth-order valence-electron chi connectivity index (χ4n) is 3.71. The molecule has 1 atom stereocenters. The molecule has 4 aromatic rings. The van der Waals surface area contributed by atoms with Crippen LogP contribution in [0, 0.1) is 0 Å². The Kier molecular flexibility index (Phi) is 3.90. The second-order valence-corrected chi connectivity index (χ2v) is 6.95. The summed E-state index contributed by atoms with van der Waals surface area (Å²) in [7, 11) is 1.63. The summed E-state index contributed by atoms with van der Waals surface area (Å²) in [5.74, 6) is 2.11. The highest BCUT2D eigenvalue weighted by molar-refractivity contribution is 5.98. The largest absolute Gasteiger partial charge is 0.497 e. The highest BCUT2D eigenvalue weighted by Crippen LogP contribution is 2.32. The van der Waals surface area contributed by atoms with Crippen molar-refractivity contribution in [3.8, 4) is 17.1 Å². The summed E-state index contributed by atoms with van der Waals surface area (Å²) in [6.45, 7) is 0. The topological polar surface area (TPSA) is 69.4 Å². The SMILES string of the molecule is COc1ccc(-c2nc3nc4c(cn3n2)C(=O)C[C@@H](c2ccccc2)C4)cc1. The number of hydrogen-bond donors (Lipinski definition) is 0. The summed E-state index contributed by atoms with van der Waals surface area (Å²) in [5.41, 5.74) is 3.48. The first-order valence-corrected chi connectivity index (χ1v) is 9.20. The second kappa shape index (κ2) is 6.56. The van der Waals surface area contributed by atoms with Crippen molar-refractivity contribution in [2.45, 2.75) is 18.8 Å². The van der Waals surface area contributed by atoms with E-state index >= 15 is 0 Å². The predicted molar refractivity (Wildman–Crippen MR) is 105 cm³/mol. The van der Waals surface area contributed by atoms with Crippen molar-refractivity contribution in [3.05, 3.63) is 77.6 Å². The molecule has 5 rings (SSSR count). The average Bonchev–Trinajstić information content (AvgIpc) is 3.16. The lowest BCUT2D eigenvalue weighted by Gasteiger charge is -2.22. The first kappa shape index (κ1) is 16.6. The molecule has 138 valence electrons. The highest BCUT2D eigenvalue weighted by atomic mass is 16.5. The zero-order valence-electron chi connectivity index (χ0n) is 15.4. The molecule has 0 radical (unpaired) electrons. The first-order valence-electron chi connectivity index (χ1n) is 9.20. The molecule has 6 nitrogen and oxygen atoms in total. The number of methoxy groups -OCH3 is 1. The molecule has 6 heteroatoms. The van der Waals surface area contributed by atoms with Gasteiger partial charge in [-0.25, -0.2) is 9.50 Å². The van der Waals surface area contributed by atoms with Gasteiger partial charge in [0.05, 0.1) is 18.4 Å². The number of Topliss-reactive ketones (excluding diaryl/α,β-unsaturated/α-hetero) is 1. The Morgan fingerprint density at radius 1 is 1.00 bits per heavy atom. The molecule has 2 aromatic carbocycles. The molecular weight excluding hydrogens is 352 g/mol. The maximum absolute atomic E-state index is 12.7. The van der Waals surface area contributed by atoms with Crippen molar-refractivity contribution in [1.29, 1.82) is 0 Å². The number of nitrogens with zero attached hydrogens (tertiary/aromatic N) is 4. The van der Waals surface area contributed by atoms with Crippen LogP contribution in [0.2, 0.25) is 0 Å². The summed E-state index contributed by atoms with van der Waals surface area (Å²) < 4.78 is 6.79. The fourth-order valence-corrected chi connectivity index (χ4v) is 3.71. The molecule has 0 bridgehead atoms. The third-order valence-corrected chi connectivity index (χ3v) is 5.20. The van der Waals surface area contributed by atoms with Gasteiger partial charge in [-0.15, -0.1) is 5.10 Å². The molecule has 0 fully saturated rings. The standard InChI is InChI=1S/C22H18N4O2/c1-28-17-9-7-15(8-10-17)21-24-22-23-19-11-16(14-5-3-2-4-6-14)12-20(27)18(19)13-26(22)25-21/h2-10,13,16H,11-12H2,1H3/t16-/m0/s1. The van der Waals surface area contributed by atoms with Crippen LogP contribution >= 0.6 is 0 Å². The van der Waals surface area contributed by atoms with E-state index in [1.807, 2.05) is 42.5 Å². The quantitative estimate of drug-likeness (QED) is 0.550. The molecule has 0 saturated carbocycles. The monoisotopic (exact) mass is 370 g/mol. The van der Waals surface area contributed by atoms with Gasteiger partial charge in [-0.2, -0.15) is 4.98 Å². The minimum atomic E-state index is 0.103. The van der Waals surface area contributed by atoms with E-state index in [4.69, 9.17) is 4.74 Å². The Morgan fingerprint density at radius 3 is 2.54 bits per heavy atom. The predicted octanol–water partition coefficient (Wildman–Crippen LogP) is 3.71. The zero-order valence-corrected chi connectivity index (χ0v) is 15.4. The molecule has 2 heterocycles. The van der Waals surface area contributed by atoms with Crippen molar-refractivity contribution in [1.82, 2.24) is 19.6 Å². The number of carbonyl (C=O) groups excluding carboxylic acids is 1. The molecule has 0 aliphatic heterocycles. The van der Waals surface area contributed by atoms with E-state index in [1.54, 1.807) is 17.8 Å². The van der Waals surface area contributed by atoms with Gasteiger partial charge in [0, 0.05) is 18.2 Å². The van der Waals surface area contributed by atoms with Crippen molar-refractivity contribution < 1.29 is 9.53 Å². The Balaban J connectivity index is 1.53. The number of ether oxygens (including phenoxy) is 1. The molecule has 28 heavy (non-hydrogen) atoms. The van der Waals surface area contributed by atoms with Gasteiger partial charge < -0.3 is 4.74 Å². The van der Waals surface area contributed by atoms with E-state index in [2.05, 4.69) is 27.2 Å². The van der Waals surface area contributed by atoms with E-state index in [1.165, 1.54) is 5.56 Å². The summed E-state index contributed by atoms with van der Waals surface area (Å²) >= 11 is 0. The molecule has 0 unspecified atom stereocenters. The summed E-state index contributed by atoms with van der Waals surface area (Å²) in [6.07, 6.45) is 2.98. The van der Waals surface area contributed by atoms with Gasteiger partial charge in [-0.1, -0.05) is 30.3 Å². The van der Waals surface area contributed by atoms with Gasteiger partial charge in [-0.05, 0) is 42.2 Å². The smallest absolute Gasteiger partial charge is 0.252 e. The fraction of sp³-hybridized carbons (Fsp3) is 0.182. The average molecular weight is 370 g/mol. The lowest BCUT2D eigenvalue weighted by molar-refractivity contribution is 0.0962. The second-order valence-electron chi connectivity index (χ2n) is 6.95. The van der Waals surface area contributed by atoms with Gasteiger partial charge in [-0.3, -0.25) is 4.79 Å². The van der Waals surface area contributed by atoms with Crippen molar-refractivity contribution in [3.63, 3.8) is 0 Å². The molecule has 0 N–H and O–H groups in total. The molecule has 0 saturated heterocycles. The number of hydrogen-bond acceptors (Lipinski definition) is 5. The zero-order chi connectivity index (χ0) is 19.1. The number of aromatic nitrogens is 4. The molecule has 2 aromatic heterocycles. The van der Waals surface area contributed by atoms with E-state index in [0.29, 0.717) is 23.6 Å². The van der Waals surface area contributed by atoms with Gasteiger partial charge in [0.1, 0.15) is 5.75 Å². The highest BCUT2D eigenvalue weighted by Gasteiger charge is 2.28. The third kappa shape index (κ3) is 2.83. The summed E-state index contributed by atoms with van der Waals surface area (Å²) in [5, 5.41) is 4.51. The molecular formula is C22H18N4O2. The number of fused-ring (bicyclic) bond motifs is 2. The van der Waals surface area contributed by atoms with Crippen LogP contribution in [0.4, 0.5) is 0 Å². The lowest BCUT2D eigenvalue weighted by Crippen LogP contribution is -2.21. The Labute approximate surface area is 161 Å². The number of benzene rings is 2. The van der Waals surface area contributed by atoms with Crippen LogP contribution < -0.4 is 4.74 Å². The third-order valence-electron chi connectivity index (χ3n) is 5.20. The van der Waals surface area contributed by atoms with Crippen LogP contribution in [-0.4, -0.2) is 32.5 Å². The first-order chi connectivity index (χ1) is 13.7. The van der Waals surface area contributed by atoms with E-state index in [-0.39, 0.29) is 11.7 Å². The number of ketones is 1. The van der Waals surface area contributed by atoms with Crippen LogP contribution in [0.3, 0.4) is 0 Å². The van der Waals surface area contributed by atoms with Crippen LogP contribution in [-0.2, 0) is 6.42 Å². The van der Waals surface area contributed by atoms with Gasteiger partial charge in [0.15, 0.2) is 11.6 Å². The van der Waals surface area contributed by atoms with Crippen LogP contribution in [0.5, 0.6) is 5.75 Å². The van der Waals surface area contributed by atoms with Gasteiger partial charge in [0.2, 0.25) is 0 Å². The number of rotatable bonds is 3. The normalized spacial score (nSPS) is 16.2. The minimum Gasteiger partial charge on any atom is -0.497 e. The van der Waals surface area contributed by atoms with Gasteiger partial charge >= 0.3 is 0 Å². The van der Waals surface area contributed by atoms with Crippen LogP contribution in [0.15, 0.2) is 60.8 Å². The lowest BCUT2D eigenvalue weighted by atomic mass is 9.82. The van der Waals surface area contributed by atoms with E-state index in [9.17, 15) is 4.79 Å². The Bertz CT molecular complexity index is 1170. The van der Waals surface area contributed by atoms with Gasteiger partial charge in [0.25, 0.3) is 5.78 Å². The van der Waals surface area contributed by atoms with Crippen LogP contribution in [0.25, 0.3) is 17.2 Å². The van der Waals surface area contributed by atoms with Crippen molar-refractivity contribution in [2.24, 2.45) is 0 Å².